The van der Waals surface area contributed by atoms with E-state index in [0.29, 0.717) is 12.8 Å². The van der Waals surface area contributed by atoms with E-state index in [4.69, 9.17) is 16.9 Å². The SMILES string of the molecule is N#CC1(NC(=O)[C@@H]2C[C@@H](S(=O)(=O)c3ccc(F)cc3Cl)CN2)CC1. The Morgan fingerprint density at radius 3 is 2.75 bits per heavy atom. The van der Waals surface area contributed by atoms with E-state index in [-0.39, 0.29) is 28.8 Å². The maximum Gasteiger partial charge on any atom is 0.238 e. The molecule has 9 heteroatoms. The minimum Gasteiger partial charge on any atom is -0.336 e. The third kappa shape index (κ3) is 3.11. The molecule has 1 amide bonds. The van der Waals surface area contributed by atoms with E-state index in [0.717, 1.165) is 18.2 Å². The maximum absolute atomic E-state index is 13.1. The van der Waals surface area contributed by atoms with E-state index >= 15 is 0 Å². The zero-order chi connectivity index (χ0) is 17.5. The molecule has 2 aliphatic rings. The molecule has 0 aromatic heterocycles. The van der Waals surface area contributed by atoms with E-state index in [9.17, 15) is 17.6 Å². The molecule has 128 valence electrons. The number of hydrogen-bond acceptors (Lipinski definition) is 5. The molecular formula is C15H15ClFN3O3S. The maximum atomic E-state index is 13.1. The first-order chi connectivity index (χ1) is 11.3. The number of rotatable bonds is 4. The molecule has 0 unspecified atom stereocenters. The van der Waals surface area contributed by atoms with Crippen LogP contribution in [0.25, 0.3) is 0 Å². The summed E-state index contributed by atoms with van der Waals surface area (Å²) in [5.41, 5.74) is -0.796. The van der Waals surface area contributed by atoms with Crippen molar-refractivity contribution < 1.29 is 17.6 Å². The lowest BCUT2D eigenvalue weighted by Gasteiger charge is -2.15. The van der Waals surface area contributed by atoms with Crippen LogP contribution in [0, 0.1) is 17.1 Å². The molecule has 0 radical (unpaired) electrons. The van der Waals surface area contributed by atoms with Crippen molar-refractivity contribution in [1.29, 1.82) is 5.26 Å². The molecule has 1 aliphatic carbocycles. The molecule has 1 aromatic carbocycles. The number of nitriles is 1. The summed E-state index contributed by atoms with van der Waals surface area (Å²) in [6.45, 7) is 0.0910. The topological polar surface area (TPSA) is 99.1 Å². The average Bonchev–Trinajstić information content (AvgIpc) is 3.10. The highest BCUT2D eigenvalue weighted by molar-refractivity contribution is 7.92. The predicted octanol–water partition coefficient (Wildman–Crippen LogP) is 1.16. The van der Waals surface area contributed by atoms with Gasteiger partial charge in [0, 0.05) is 6.54 Å². The Hall–Kier alpha value is -1.69. The first kappa shape index (κ1) is 17.1. The van der Waals surface area contributed by atoms with Crippen LogP contribution < -0.4 is 10.6 Å². The van der Waals surface area contributed by atoms with Crippen molar-refractivity contribution in [2.75, 3.05) is 6.54 Å². The first-order valence-electron chi connectivity index (χ1n) is 7.43. The van der Waals surface area contributed by atoms with E-state index in [2.05, 4.69) is 16.7 Å². The van der Waals surface area contributed by atoms with Crippen LogP contribution in [0.15, 0.2) is 23.1 Å². The normalized spacial score (nSPS) is 25.0. The van der Waals surface area contributed by atoms with Gasteiger partial charge in [-0.05, 0) is 37.5 Å². The Balaban J connectivity index is 1.73. The van der Waals surface area contributed by atoms with Gasteiger partial charge < -0.3 is 10.6 Å². The van der Waals surface area contributed by atoms with Gasteiger partial charge in [-0.2, -0.15) is 5.26 Å². The van der Waals surface area contributed by atoms with Crippen LogP contribution >= 0.6 is 11.6 Å². The summed E-state index contributed by atoms with van der Waals surface area (Å²) in [7, 11) is -3.79. The highest BCUT2D eigenvalue weighted by atomic mass is 35.5. The second-order valence-electron chi connectivity index (χ2n) is 6.12. The van der Waals surface area contributed by atoms with Gasteiger partial charge in [-0.25, -0.2) is 12.8 Å². The molecule has 3 rings (SSSR count). The second kappa shape index (κ2) is 5.99. The number of carbonyl (C=O) groups excluding carboxylic acids is 1. The highest BCUT2D eigenvalue weighted by Gasteiger charge is 2.47. The van der Waals surface area contributed by atoms with Gasteiger partial charge in [0.25, 0.3) is 0 Å². The van der Waals surface area contributed by atoms with Gasteiger partial charge in [0.1, 0.15) is 11.4 Å². The Morgan fingerprint density at radius 2 is 2.17 bits per heavy atom. The van der Waals surface area contributed by atoms with Crippen LogP contribution in [0.3, 0.4) is 0 Å². The Labute approximate surface area is 143 Å². The fourth-order valence-corrected chi connectivity index (χ4v) is 4.94. The molecule has 24 heavy (non-hydrogen) atoms. The number of halogens is 2. The quantitative estimate of drug-likeness (QED) is 0.774. The molecule has 2 N–H and O–H groups in total. The van der Waals surface area contributed by atoms with Crippen molar-refractivity contribution >= 4 is 27.3 Å². The summed E-state index contributed by atoms with van der Waals surface area (Å²) in [4.78, 5) is 12.0. The summed E-state index contributed by atoms with van der Waals surface area (Å²) in [5, 5.41) is 13.5. The van der Waals surface area contributed by atoms with E-state index in [1.165, 1.54) is 0 Å². The van der Waals surface area contributed by atoms with E-state index in [1.807, 2.05) is 0 Å². The molecule has 0 spiro atoms. The summed E-state index contributed by atoms with van der Waals surface area (Å²) < 4.78 is 38.4. The van der Waals surface area contributed by atoms with E-state index < -0.39 is 32.5 Å². The van der Waals surface area contributed by atoms with Crippen molar-refractivity contribution in [2.24, 2.45) is 0 Å². The minimum absolute atomic E-state index is 0.0728. The van der Waals surface area contributed by atoms with E-state index in [1.54, 1.807) is 0 Å². The Morgan fingerprint density at radius 1 is 1.46 bits per heavy atom. The lowest BCUT2D eigenvalue weighted by atomic mass is 10.2. The van der Waals surface area contributed by atoms with Crippen molar-refractivity contribution in [1.82, 2.24) is 10.6 Å². The standard InChI is InChI=1S/C15H15ClFN3O3S/c16-11-5-9(17)1-2-13(11)24(22,23)10-6-12(19-7-10)14(21)20-15(8-18)3-4-15/h1-2,5,10,12,19H,3-4,6-7H2,(H,20,21)/t10-,12+/m1/s1. The molecule has 2 fully saturated rings. The van der Waals surface area contributed by atoms with Crippen LogP contribution in [-0.2, 0) is 14.6 Å². The van der Waals surface area contributed by atoms with Gasteiger partial charge in [-0.3, -0.25) is 4.79 Å². The lowest BCUT2D eigenvalue weighted by molar-refractivity contribution is -0.123. The third-order valence-corrected chi connectivity index (χ3v) is 7.00. The van der Waals surface area contributed by atoms with Crippen LogP contribution in [0.4, 0.5) is 4.39 Å². The zero-order valence-corrected chi connectivity index (χ0v) is 14.1. The molecule has 6 nitrogen and oxygen atoms in total. The molecule has 1 saturated carbocycles. The molecule has 2 atom stereocenters. The van der Waals surface area contributed by atoms with Gasteiger partial charge in [-0.15, -0.1) is 0 Å². The fraction of sp³-hybridized carbons (Fsp3) is 0.467. The minimum atomic E-state index is -3.79. The number of carbonyl (C=O) groups is 1. The number of benzene rings is 1. The van der Waals surface area contributed by atoms with Crippen LogP contribution in [0.5, 0.6) is 0 Å². The molecule has 1 aliphatic heterocycles. The van der Waals surface area contributed by atoms with Crippen LogP contribution in [0.1, 0.15) is 19.3 Å². The summed E-state index contributed by atoms with van der Waals surface area (Å²) >= 11 is 5.85. The molecular weight excluding hydrogens is 357 g/mol. The number of nitrogens with one attached hydrogen (secondary N) is 2. The fourth-order valence-electron chi connectivity index (χ4n) is 2.74. The Bertz CT molecular complexity index is 833. The lowest BCUT2D eigenvalue weighted by Crippen LogP contribution is -2.45. The highest BCUT2D eigenvalue weighted by Crippen LogP contribution is 2.35. The molecule has 1 aromatic rings. The van der Waals surface area contributed by atoms with Crippen molar-refractivity contribution in [2.45, 2.75) is 41.0 Å². The zero-order valence-electron chi connectivity index (χ0n) is 12.6. The largest absolute Gasteiger partial charge is 0.336 e. The van der Waals surface area contributed by atoms with Crippen molar-refractivity contribution in [3.8, 4) is 6.07 Å². The van der Waals surface area contributed by atoms with Crippen molar-refractivity contribution in [3.63, 3.8) is 0 Å². The van der Waals surface area contributed by atoms with Gasteiger partial charge >= 0.3 is 0 Å². The molecule has 1 heterocycles. The van der Waals surface area contributed by atoms with Gasteiger partial charge in [0.2, 0.25) is 5.91 Å². The Kier molecular flexibility index (Phi) is 4.28. The second-order valence-corrected chi connectivity index (χ2v) is 8.73. The van der Waals surface area contributed by atoms with Crippen LogP contribution in [0.2, 0.25) is 5.02 Å². The average molecular weight is 372 g/mol. The van der Waals surface area contributed by atoms with Gasteiger partial charge in [-0.1, -0.05) is 11.6 Å². The summed E-state index contributed by atoms with van der Waals surface area (Å²) in [6.07, 6.45) is 1.28. The monoisotopic (exact) mass is 371 g/mol. The van der Waals surface area contributed by atoms with Gasteiger partial charge in [0.05, 0.1) is 27.3 Å². The number of sulfone groups is 1. The van der Waals surface area contributed by atoms with Gasteiger partial charge in [0.15, 0.2) is 9.84 Å². The number of hydrogen-bond donors (Lipinski definition) is 2. The summed E-state index contributed by atoms with van der Waals surface area (Å²) in [5.74, 6) is -0.996. The van der Waals surface area contributed by atoms with Crippen LogP contribution in [-0.4, -0.2) is 37.7 Å². The summed E-state index contributed by atoms with van der Waals surface area (Å²) in [6, 6.07) is 4.49. The molecule has 0 bridgehead atoms. The van der Waals surface area contributed by atoms with Crippen molar-refractivity contribution in [3.05, 3.63) is 29.0 Å². The molecule has 1 saturated heterocycles. The number of amides is 1. The number of nitrogens with zero attached hydrogens (tertiary/aromatic N) is 1. The third-order valence-electron chi connectivity index (χ3n) is 4.37. The first-order valence-corrected chi connectivity index (χ1v) is 9.35. The smallest absolute Gasteiger partial charge is 0.238 e. The predicted molar refractivity (Wildman–Crippen MR) is 84.5 cm³/mol.